The zero-order chi connectivity index (χ0) is 14.0. The predicted molar refractivity (Wildman–Crippen MR) is 73.6 cm³/mol. The molecule has 4 nitrogen and oxygen atoms in total. The van der Waals surface area contributed by atoms with E-state index in [-0.39, 0.29) is 24.4 Å². The number of rotatable bonds is 3. The number of amides is 2. The monoisotopic (exact) mass is 260 g/mol. The molecule has 0 aliphatic carbocycles. The van der Waals surface area contributed by atoms with E-state index in [1.807, 2.05) is 39.0 Å². The Bertz CT molecular complexity index is 511. The van der Waals surface area contributed by atoms with Crippen LogP contribution in [0.2, 0.25) is 0 Å². The second kappa shape index (κ2) is 5.53. The highest BCUT2D eigenvalue weighted by Crippen LogP contribution is 2.16. The van der Waals surface area contributed by atoms with Crippen LogP contribution in [-0.4, -0.2) is 29.3 Å². The van der Waals surface area contributed by atoms with Crippen molar-refractivity contribution in [1.82, 2.24) is 10.2 Å². The summed E-state index contributed by atoms with van der Waals surface area (Å²) >= 11 is 0. The molecule has 1 aromatic rings. The van der Waals surface area contributed by atoms with Gasteiger partial charge in [0.05, 0.1) is 19.1 Å². The van der Waals surface area contributed by atoms with Crippen LogP contribution in [0.15, 0.2) is 18.2 Å². The van der Waals surface area contributed by atoms with Crippen molar-refractivity contribution in [3.63, 3.8) is 0 Å². The Morgan fingerprint density at radius 1 is 1.32 bits per heavy atom. The molecule has 1 atom stereocenters. The van der Waals surface area contributed by atoms with Crippen LogP contribution < -0.4 is 5.32 Å². The van der Waals surface area contributed by atoms with Gasteiger partial charge in [0.1, 0.15) is 0 Å². The van der Waals surface area contributed by atoms with Crippen molar-refractivity contribution in [3.8, 4) is 0 Å². The van der Waals surface area contributed by atoms with Crippen molar-refractivity contribution in [3.05, 3.63) is 34.9 Å². The molecular formula is C15H20N2O2. The summed E-state index contributed by atoms with van der Waals surface area (Å²) in [5.74, 6) is -0.254. The molecule has 0 bridgehead atoms. The normalized spacial score (nSPS) is 19.9. The van der Waals surface area contributed by atoms with Gasteiger partial charge in [-0.15, -0.1) is 0 Å². The summed E-state index contributed by atoms with van der Waals surface area (Å²) in [6.07, 6.45) is 0.704. The van der Waals surface area contributed by atoms with Crippen LogP contribution in [-0.2, 0) is 16.1 Å². The molecule has 1 heterocycles. The third kappa shape index (κ3) is 2.84. The summed E-state index contributed by atoms with van der Waals surface area (Å²) in [7, 11) is 0. The van der Waals surface area contributed by atoms with Crippen LogP contribution in [0.5, 0.6) is 0 Å². The van der Waals surface area contributed by atoms with Crippen LogP contribution in [0.1, 0.15) is 30.0 Å². The van der Waals surface area contributed by atoms with Gasteiger partial charge in [-0.1, -0.05) is 30.7 Å². The molecule has 1 aromatic carbocycles. The first-order chi connectivity index (χ1) is 9.02. The van der Waals surface area contributed by atoms with E-state index in [1.165, 1.54) is 4.90 Å². The first kappa shape index (κ1) is 13.7. The number of nitrogens with one attached hydrogen (secondary N) is 1. The van der Waals surface area contributed by atoms with Gasteiger partial charge in [-0.2, -0.15) is 0 Å². The molecule has 1 aliphatic rings. The van der Waals surface area contributed by atoms with Crippen molar-refractivity contribution in [1.29, 1.82) is 0 Å². The molecule has 102 valence electrons. The van der Waals surface area contributed by atoms with Gasteiger partial charge in [-0.3, -0.25) is 19.8 Å². The molecule has 1 saturated heterocycles. The topological polar surface area (TPSA) is 49.4 Å². The van der Waals surface area contributed by atoms with Gasteiger partial charge in [0, 0.05) is 0 Å². The lowest BCUT2D eigenvalue weighted by Crippen LogP contribution is -2.57. The molecule has 1 aliphatic heterocycles. The van der Waals surface area contributed by atoms with Gasteiger partial charge in [0.25, 0.3) is 0 Å². The van der Waals surface area contributed by atoms with E-state index in [0.717, 1.165) is 16.7 Å². The largest absolute Gasteiger partial charge is 0.297 e. The molecule has 2 amide bonds. The second-order valence-corrected chi connectivity index (χ2v) is 5.09. The van der Waals surface area contributed by atoms with Crippen molar-refractivity contribution >= 4 is 11.8 Å². The molecule has 2 rings (SSSR count). The maximum atomic E-state index is 12.2. The van der Waals surface area contributed by atoms with Crippen LogP contribution in [0.4, 0.5) is 0 Å². The second-order valence-electron chi connectivity index (χ2n) is 5.09. The molecular weight excluding hydrogens is 240 g/mol. The Labute approximate surface area is 113 Å². The smallest absolute Gasteiger partial charge is 0.246 e. The van der Waals surface area contributed by atoms with Crippen LogP contribution in [0.25, 0.3) is 0 Å². The first-order valence-electron chi connectivity index (χ1n) is 6.66. The fourth-order valence-corrected chi connectivity index (χ4v) is 2.33. The van der Waals surface area contributed by atoms with Gasteiger partial charge >= 0.3 is 0 Å². The molecule has 1 N–H and O–H groups in total. The number of piperazine rings is 1. The van der Waals surface area contributed by atoms with Crippen molar-refractivity contribution in [2.24, 2.45) is 0 Å². The van der Waals surface area contributed by atoms with Crippen LogP contribution >= 0.6 is 0 Å². The van der Waals surface area contributed by atoms with Crippen molar-refractivity contribution in [2.45, 2.75) is 39.8 Å². The highest BCUT2D eigenvalue weighted by molar-refractivity contribution is 6.01. The van der Waals surface area contributed by atoms with E-state index in [2.05, 4.69) is 5.32 Å². The van der Waals surface area contributed by atoms with E-state index in [4.69, 9.17) is 0 Å². The molecule has 0 radical (unpaired) electrons. The maximum Gasteiger partial charge on any atom is 0.246 e. The molecule has 1 fully saturated rings. The van der Waals surface area contributed by atoms with Crippen molar-refractivity contribution in [2.75, 3.05) is 6.54 Å². The number of nitrogens with zero attached hydrogens (tertiary/aromatic N) is 1. The maximum absolute atomic E-state index is 12.2. The van der Waals surface area contributed by atoms with Gasteiger partial charge < -0.3 is 0 Å². The Kier molecular flexibility index (Phi) is 4.00. The summed E-state index contributed by atoms with van der Waals surface area (Å²) in [4.78, 5) is 25.5. The van der Waals surface area contributed by atoms with Crippen molar-refractivity contribution < 1.29 is 9.59 Å². The fraction of sp³-hybridized carbons (Fsp3) is 0.467. The van der Waals surface area contributed by atoms with Crippen LogP contribution in [0.3, 0.4) is 0 Å². The third-order valence-corrected chi connectivity index (χ3v) is 3.61. The van der Waals surface area contributed by atoms with E-state index in [9.17, 15) is 9.59 Å². The Morgan fingerprint density at radius 3 is 2.74 bits per heavy atom. The van der Waals surface area contributed by atoms with E-state index in [1.54, 1.807) is 0 Å². The Morgan fingerprint density at radius 2 is 2.05 bits per heavy atom. The number of aryl methyl sites for hydroxylation is 2. The zero-order valence-electron chi connectivity index (χ0n) is 11.7. The third-order valence-electron chi connectivity index (χ3n) is 3.61. The number of carbonyl (C=O) groups excluding carboxylic acids is 2. The summed E-state index contributed by atoms with van der Waals surface area (Å²) in [6.45, 7) is 6.59. The number of benzene rings is 1. The van der Waals surface area contributed by atoms with Gasteiger partial charge in [0.15, 0.2) is 0 Å². The van der Waals surface area contributed by atoms with Crippen LogP contribution in [0, 0.1) is 13.8 Å². The first-order valence-corrected chi connectivity index (χ1v) is 6.66. The molecule has 19 heavy (non-hydrogen) atoms. The number of hydrogen-bond donors (Lipinski definition) is 1. The molecule has 1 unspecified atom stereocenters. The van der Waals surface area contributed by atoms with E-state index < -0.39 is 0 Å². The predicted octanol–water partition coefficient (Wildman–Crippen LogP) is 1.54. The average Bonchev–Trinajstić information content (AvgIpc) is 2.38. The standard InChI is InChI=1S/C15H20N2O2/c1-4-13-15(19)17(14(18)8-16-13)9-12-7-10(2)5-6-11(12)3/h5-7,13,16H,4,8-9H2,1-3H3. The zero-order valence-corrected chi connectivity index (χ0v) is 11.7. The number of hydrogen-bond acceptors (Lipinski definition) is 3. The molecule has 0 spiro atoms. The summed E-state index contributed by atoms with van der Waals surface area (Å²) in [5, 5.41) is 2.97. The number of imide groups is 1. The molecule has 4 heteroatoms. The lowest BCUT2D eigenvalue weighted by Gasteiger charge is -2.31. The quantitative estimate of drug-likeness (QED) is 0.839. The molecule has 0 saturated carbocycles. The fourth-order valence-electron chi connectivity index (χ4n) is 2.33. The minimum absolute atomic E-state index is 0.111. The van der Waals surface area contributed by atoms with E-state index in [0.29, 0.717) is 13.0 Å². The minimum Gasteiger partial charge on any atom is -0.297 e. The summed E-state index contributed by atoms with van der Waals surface area (Å²) < 4.78 is 0. The Hall–Kier alpha value is -1.68. The lowest BCUT2D eigenvalue weighted by atomic mass is 10.0. The van der Waals surface area contributed by atoms with E-state index >= 15 is 0 Å². The van der Waals surface area contributed by atoms with Gasteiger partial charge in [-0.05, 0) is 31.4 Å². The summed E-state index contributed by atoms with van der Waals surface area (Å²) in [6, 6.07) is 5.87. The SMILES string of the molecule is CCC1NCC(=O)N(Cc2cc(C)ccc2C)C1=O. The average molecular weight is 260 g/mol. The van der Waals surface area contributed by atoms with Gasteiger partial charge in [0.2, 0.25) is 11.8 Å². The highest BCUT2D eigenvalue weighted by atomic mass is 16.2. The molecule has 0 aromatic heterocycles. The summed E-state index contributed by atoms with van der Waals surface area (Å²) in [5.41, 5.74) is 3.29. The number of carbonyl (C=O) groups is 2. The lowest BCUT2D eigenvalue weighted by molar-refractivity contribution is -0.150. The van der Waals surface area contributed by atoms with Gasteiger partial charge in [-0.25, -0.2) is 0 Å². The highest BCUT2D eigenvalue weighted by Gasteiger charge is 2.32. The Balaban J connectivity index is 2.22. The minimum atomic E-state index is -0.234.